The van der Waals surface area contributed by atoms with E-state index in [4.69, 9.17) is 5.73 Å². The molecule has 0 aliphatic heterocycles. The van der Waals surface area contributed by atoms with E-state index in [1.807, 2.05) is 56.3 Å². The Balaban J connectivity index is 2.20. The van der Waals surface area contributed by atoms with E-state index in [0.717, 1.165) is 26.9 Å². The van der Waals surface area contributed by atoms with Crippen molar-refractivity contribution in [1.82, 2.24) is 5.43 Å². The predicted molar refractivity (Wildman–Crippen MR) is 89.0 cm³/mol. The first-order chi connectivity index (χ1) is 9.99. The second-order valence-corrected chi connectivity index (χ2v) is 5.79. The SMILES string of the molecule is Cc1cccc(C)c1N(NCc1ccc(Br)cc1)C(N)=O. The maximum absolute atomic E-state index is 11.8. The zero-order valence-electron chi connectivity index (χ0n) is 12.1. The molecule has 0 aliphatic carbocycles. The second kappa shape index (κ2) is 6.74. The molecule has 0 saturated carbocycles. The highest BCUT2D eigenvalue weighted by Gasteiger charge is 2.16. The number of carbonyl (C=O) groups is 1. The van der Waals surface area contributed by atoms with E-state index < -0.39 is 6.03 Å². The normalized spacial score (nSPS) is 10.4. The number of anilines is 1. The number of nitrogens with one attached hydrogen (secondary N) is 1. The van der Waals surface area contributed by atoms with Crippen LogP contribution in [0.15, 0.2) is 46.9 Å². The number of carbonyl (C=O) groups excluding carboxylic acids is 1. The van der Waals surface area contributed by atoms with Gasteiger partial charge in [-0.1, -0.05) is 46.3 Å². The molecule has 2 rings (SSSR count). The van der Waals surface area contributed by atoms with Crippen molar-refractivity contribution in [3.8, 4) is 0 Å². The van der Waals surface area contributed by atoms with Crippen molar-refractivity contribution in [2.24, 2.45) is 5.73 Å². The molecule has 2 aromatic carbocycles. The van der Waals surface area contributed by atoms with Crippen LogP contribution in [0, 0.1) is 13.8 Å². The molecule has 0 saturated heterocycles. The molecule has 0 unspecified atom stereocenters. The van der Waals surface area contributed by atoms with Crippen molar-refractivity contribution in [1.29, 1.82) is 0 Å². The van der Waals surface area contributed by atoms with Gasteiger partial charge in [0.25, 0.3) is 0 Å². The molecule has 2 amide bonds. The van der Waals surface area contributed by atoms with Gasteiger partial charge in [0.05, 0.1) is 5.69 Å². The summed E-state index contributed by atoms with van der Waals surface area (Å²) in [4.78, 5) is 11.8. The van der Waals surface area contributed by atoms with Gasteiger partial charge in [-0.15, -0.1) is 0 Å². The molecule has 3 N–H and O–H groups in total. The minimum absolute atomic E-state index is 0.518. The van der Waals surface area contributed by atoms with E-state index in [0.29, 0.717) is 6.54 Å². The number of para-hydroxylation sites is 1. The molecule has 0 aliphatic rings. The topological polar surface area (TPSA) is 58.4 Å². The number of hydrazine groups is 1. The van der Waals surface area contributed by atoms with Gasteiger partial charge in [-0.2, -0.15) is 0 Å². The van der Waals surface area contributed by atoms with Crippen LogP contribution in [-0.2, 0) is 6.54 Å². The quantitative estimate of drug-likeness (QED) is 0.829. The fourth-order valence-electron chi connectivity index (χ4n) is 2.20. The number of rotatable bonds is 4. The van der Waals surface area contributed by atoms with E-state index in [1.165, 1.54) is 5.01 Å². The van der Waals surface area contributed by atoms with Crippen molar-refractivity contribution in [3.05, 3.63) is 63.6 Å². The molecule has 2 aromatic rings. The van der Waals surface area contributed by atoms with Crippen molar-refractivity contribution in [2.45, 2.75) is 20.4 Å². The maximum atomic E-state index is 11.8. The molecule has 0 atom stereocenters. The van der Waals surface area contributed by atoms with E-state index >= 15 is 0 Å². The Morgan fingerprint density at radius 2 is 1.71 bits per heavy atom. The summed E-state index contributed by atoms with van der Waals surface area (Å²) >= 11 is 3.40. The molecule has 5 heteroatoms. The average molecular weight is 348 g/mol. The van der Waals surface area contributed by atoms with Gasteiger partial charge in [0.15, 0.2) is 0 Å². The smallest absolute Gasteiger partial charge is 0.333 e. The molecule has 0 heterocycles. The monoisotopic (exact) mass is 347 g/mol. The van der Waals surface area contributed by atoms with Crippen molar-refractivity contribution in [2.75, 3.05) is 5.01 Å². The van der Waals surface area contributed by atoms with Crippen LogP contribution in [0.5, 0.6) is 0 Å². The van der Waals surface area contributed by atoms with Gasteiger partial charge >= 0.3 is 6.03 Å². The first kappa shape index (κ1) is 15.5. The van der Waals surface area contributed by atoms with Gasteiger partial charge in [0.2, 0.25) is 0 Å². The van der Waals surface area contributed by atoms with Crippen molar-refractivity contribution in [3.63, 3.8) is 0 Å². The first-order valence-electron chi connectivity index (χ1n) is 6.63. The van der Waals surface area contributed by atoms with E-state index in [2.05, 4.69) is 21.4 Å². The molecule has 0 bridgehead atoms. The van der Waals surface area contributed by atoms with Gasteiger partial charge in [-0.25, -0.2) is 15.2 Å². The summed E-state index contributed by atoms with van der Waals surface area (Å²) in [6, 6.07) is 13.3. The van der Waals surface area contributed by atoms with Gasteiger partial charge in [0, 0.05) is 11.0 Å². The lowest BCUT2D eigenvalue weighted by molar-refractivity contribution is 0.251. The van der Waals surface area contributed by atoms with Crippen LogP contribution in [0.2, 0.25) is 0 Å². The molecular formula is C16H18BrN3O. The predicted octanol–water partition coefficient (Wildman–Crippen LogP) is 3.66. The van der Waals surface area contributed by atoms with Crippen molar-refractivity contribution < 1.29 is 4.79 Å². The molecule has 110 valence electrons. The number of halogens is 1. The third-order valence-electron chi connectivity index (χ3n) is 3.24. The number of hydrogen-bond acceptors (Lipinski definition) is 2. The Labute approximate surface area is 133 Å². The zero-order chi connectivity index (χ0) is 15.4. The highest BCUT2D eigenvalue weighted by Crippen LogP contribution is 2.23. The van der Waals surface area contributed by atoms with Crippen molar-refractivity contribution >= 4 is 27.6 Å². The number of amides is 2. The first-order valence-corrected chi connectivity index (χ1v) is 7.42. The third kappa shape index (κ3) is 3.83. The lowest BCUT2D eigenvalue weighted by Gasteiger charge is -2.25. The number of benzene rings is 2. The summed E-state index contributed by atoms with van der Waals surface area (Å²) in [5, 5.41) is 1.41. The second-order valence-electron chi connectivity index (χ2n) is 4.88. The van der Waals surface area contributed by atoms with Crippen LogP contribution in [0.1, 0.15) is 16.7 Å². The Kier molecular flexibility index (Phi) is 4.98. The lowest BCUT2D eigenvalue weighted by atomic mass is 10.1. The highest BCUT2D eigenvalue weighted by molar-refractivity contribution is 9.10. The number of hydrogen-bond donors (Lipinski definition) is 2. The molecule has 0 radical (unpaired) electrons. The molecular weight excluding hydrogens is 330 g/mol. The number of urea groups is 1. The Bertz CT molecular complexity index is 620. The van der Waals surface area contributed by atoms with Crippen LogP contribution in [0.4, 0.5) is 10.5 Å². The van der Waals surface area contributed by atoms with Crippen LogP contribution in [-0.4, -0.2) is 6.03 Å². The highest BCUT2D eigenvalue weighted by atomic mass is 79.9. The Morgan fingerprint density at radius 3 is 2.24 bits per heavy atom. The summed E-state index contributed by atoms with van der Waals surface area (Å²) in [6.07, 6.45) is 0. The molecule has 0 spiro atoms. The van der Waals surface area contributed by atoms with Crippen LogP contribution in [0.25, 0.3) is 0 Å². The summed E-state index contributed by atoms with van der Waals surface area (Å²) in [5.41, 5.74) is 12.5. The maximum Gasteiger partial charge on any atom is 0.333 e. The minimum Gasteiger partial charge on any atom is -0.350 e. The standard InChI is InChI=1S/C16H18BrN3O/c1-11-4-3-5-12(2)15(11)20(16(18)21)19-10-13-6-8-14(17)9-7-13/h3-9,19H,10H2,1-2H3,(H2,18,21). The van der Waals surface area contributed by atoms with Gasteiger partial charge in [-0.05, 0) is 42.7 Å². The van der Waals surface area contributed by atoms with Gasteiger partial charge in [-0.3, -0.25) is 0 Å². The summed E-state index contributed by atoms with van der Waals surface area (Å²) in [6.45, 7) is 4.43. The Morgan fingerprint density at radius 1 is 1.14 bits per heavy atom. The fourth-order valence-corrected chi connectivity index (χ4v) is 2.46. The van der Waals surface area contributed by atoms with Crippen LogP contribution >= 0.6 is 15.9 Å². The van der Waals surface area contributed by atoms with E-state index in [9.17, 15) is 4.79 Å². The lowest BCUT2D eigenvalue weighted by Crippen LogP contribution is -2.46. The van der Waals surface area contributed by atoms with Crippen LogP contribution < -0.4 is 16.2 Å². The fraction of sp³-hybridized carbons (Fsp3) is 0.188. The molecule has 4 nitrogen and oxygen atoms in total. The summed E-state index contributed by atoms with van der Waals surface area (Å²) in [7, 11) is 0. The van der Waals surface area contributed by atoms with Gasteiger partial charge in [0.1, 0.15) is 0 Å². The largest absolute Gasteiger partial charge is 0.350 e. The molecule has 21 heavy (non-hydrogen) atoms. The minimum atomic E-state index is -0.524. The molecule has 0 fully saturated rings. The summed E-state index contributed by atoms with van der Waals surface area (Å²) < 4.78 is 1.02. The number of nitrogens with zero attached hydrogens (tertiary/aromatic N) is 1. The third-order valence-corrected chi connectivity index (χ3v) is 3.77. The van der Waals surface area contributed by atoms with Gasteiger partial charge < -0.3 is 5.73 Å². The van der Waals surface area contributed by atoms with E-state index in [1.54, 1.807) is 0 Å². The zero-order valence-corrected chi connectivity index (χ0v) is 13.6. The number of nitrogens with two attached hydrogens (primary N) is 1. The number of aryl methyl sites for hydroxylation is 2. The average Bonchev–Trinajstić information content (AvgIpc) is 2.43. The van der Waals surface area contributed by atoms with E-state index in [-0.39, 0.29) is 0 Å². The molecule has 0 aromatic heterocycles. The summed E-state index contributed by atoms with van der Waals surface area (Å²) in [5.74, 6) is 0. The van der Waals surface area contributed by atoms with Crippen LogP contribution in [0.3, 0.4) is 0 Å². The number of primary amides is 1. The Hall–Kier alpha value is -1.85.